The summed E-state index contributed by atoms with van der Waals surface area (Å²) in [6.45, 7) is 1.97. The second-order valence-electron chi connectivity index (χ2n) is 6.37. The van der Waals surface area contributed by atoms with Crippen molar-refractivity contribution in [2.45, 2.75) is 13.0 Å². The van der Waals surface area contributed by atoms with Gasteiger partial charge in [0.25, 0.3) is 11.8 Å². The second-order valence-corrected chi connectivity index (χ2v) is 6.37. The van der Waals surface area contributed by atoms with Crippen LogP contribution in [0.15, 0.2) is 48.5 Å². The highest BCUT2D eigenvalue weighted by molar-refractivity contribution is 5.98. The van der Waals surface area contributed by atoms with Crippen molar-refractivity contribution >= 4 is 17.5 Å². The zero-order valence-electron chi connectivity index (χ0n) is 15.1. The number of para-hydroxylation sites is 3. The first-order valence-electron chi connectivity index (χ1n) is 8.43. The smallest absolute Gasteiger partial charge is 0.265 e. The minimum absolute atomic E-state index is 0.109. The van der Waals surface area contributed by atoms with E-state index in [1.165, 1.54) is 4.90 Å². The minimum Gasteiger partial charge on any atom is -0.483 e. The van der Waals surface area contributed by atoms with Crippen LogP contribution in [0.5, 0.6) is 11.5 Å². The van der Waals surface area contributed by atoms with Crippen LogP contribution in [0.3, 0.4) is 0 Å². The second kappa shape index (κ2) is 7.47. The summed E-state index contributed by atoms with van der Waals surface area (Å²) >= 11 is 0. The van der Waals surface area contributed by atoms with Gasteiger partial charge in [0.05, 0.1) is 12.2 Å². The van der Waals surface area contributed by atoms with E-state index in [0.717, 1.165) is 5.56 Å². The van der Waals surface area contributed by atoms with Crippen LogP contribution in [0.25, 0.3) is 0 Å². The fourth-order valence-electron chi connectivity index (χ4n) is 2.82. The summed E-state index contributed by atoms with van der Waals surface area (Å²) in [5, 5.41) is 0. The molecule has 0 radical (unpaired) electrons. The van der Waals surface area contributed by atoms with Gasteiger partial charge in [0.2, 0.25) is 0 Å². The first kappa shape index (κ1) is 17.8. The monoisotopic (exact) mass is 354 g/mol. The Bertz CT molecular complexity index is 819. The van der Waals surface area contributed by atoms with E-state index in [0.29, 0.717) is 17.2 Å². The Morgan fingerprint density at radius 3 is 2.58 bits per heavy atom. The molecule has 6 heteroatoms. The van der Waals surface area contributed by atoms with Crippen molar-refractivity contribution in [1.82, 2.24) is 4.90 Å². The molecule has 0 aliphatic carbocycles. The molecule has 0 bridgehead atoms. The molecule has 0 fully saturated rings. The fraction of sp³-hybridized carbons (Fsp3) is 0.300. The van der Waals surface area contributed by atoms with Crippen LogP contribution >= 0.6 is 0 Å². The lowest BCUT2D eigenvalue weighted by Crippen LogP contribution is -2.51. The highest BCUT2D eigenvalue weighted by atomic mass is 16.5. The van der Waals surface area contributed by atoms with Gasteiger partial charge in [0.1, 0.15) is 11.5 Å². The topological polar surface area (TPSA) is 59.1 Å². The Morgan fingerprint density at radius 2 is 1.85 bits per heavy atom. The van der Waals surface area contributed by atoms with Crippen LogP contribution in [-0.4, -0.2) is 50.1 Å². The van der Waals surface area contributed by atoms with E-state index in [9.17, 15) is 9.59 Å². The van der Waals surface area contributed by atoms with E-state index in [-0.39, 0.29) is 25.0 Å². The number of rotatable bonds is 4. The van der Waals surface area contributed by atoms with Crippen molar-refractivity contribution in [3.05, 3.63) is 54.1 Å². The Labute approximate surface area is 152 Å². The number of ether oxygens (including phenoxy) is 2. The normalized spacial score (nSPS) is 15.7. The number of benzene rings is 2. The SMILES string of the molecule is Cc1ccccc1OCC(=O)N1CC(C(=O)N(C)C)Oc2ccccc21. The predicted molar refractivity (Wildman–Crippen MR) is 98.6 cm³/mol. The van der Waals surface area contributed by atoms with Gasteiger partial charge in [0.15, 0.2) is 12.7 Å². The van der Waals surface area contributed by atoms with Crippen molar-refractivity contribution in [1.29, 1.82) is 0 Å². The van der Waals surface area contributed by atoms with Crippen molar-refractivity contribution in [2.75, 3.05) is 32.1 Å². The van der Waals surface area contributed by atoms with Crippen molar-refractivity contribution in [2.24, 2.45) is 0 Å². The molecule has 0 N–H and O–H groups in total. The average Bonchev–Trinajstić information content (AvgIpc) is 2.65. The zero-order chi connectivity index (χ0) is 18.7. The molecule has 1 unspecified atom stereocenters. The van der Waals surface area contributed by atoms with E-state index in [4.69, 9.17) is 9.47 Å². The molecule has 1 atom stereocenters. The van der Waals surface area contributed by atoms with Crippen LogP contribution < -0.4 is 14.4 Å². The third-order valence-corrected chi connectivity index (χ3v) is 4.24. The minimum atomic E-state index is -0.734. The third-order valence-electron chi connectivity index (χ3n) is 4.24. The molecule has 0 aromatic heterocycles. The molecule has 1 heterocycles. The molecule has 2 aromatic rings. The molecule has 1 aliphatic rings. The van der Waals surface area contributed by atoms with E-state index in [2.05, 4.69) is 0 Å². The largest absolute Gasteiger partial charge is 0.483 e. The number of hydrogen-bond acceptors (Lipinski definition) is 4. The first-order chi connectivity index (χ1) is 12.5. The molecule has 0 saturated carbocycles. The van der Waals surface area contributed by atoms with Gasteiger partial charge in [-0.05, 0) is 30.7 Å². The van der Waals surface area contributed by atoms with Crippen molar-refractivity contribution in [3.8, 4) is 11.5 Å². The van der Waals surface area contributed by atoms with Gasteiger partial charge < -0.3 is 19.3 Å². The van der Waals surface area contributed by atoms with E-state index in [1.54, 1.807) is 31.1 Å². The highest BCUT2D eigenvalue weighted by Crippen LogP contribution is 2.33. The number of carbonyl (C=O) groups is 2. The third kappa shape index (κ3) is 3.64. The van der Waals surface area contributed by atoms with E-state index in [1.807, 2.05) is 43.3 Å². The summed E-state index contributed by atoms with van der Waals surface area (Å²) in [6.07, 6.45) is -0.734. The molecule has 6 nitrogen and oxygen atoms in total. The van der Waals surface area contributed by atoms with Crippen LogP contribution in [-0.2, 0) is 9.59 Å². The van der Waals surface area contributed by atoms with Crippen LogP contribution in [0.1, 0.15) is 5.56 Å². The van der Waals surface area contributed by atoms with Crippen LogP contribution in [0.4, 0.5) is 5.69 Å². The number of likely N-dealkylation sites (N-methyl/N-ethyl adjacent to an activating group) is 1. The lowest BCUT2D eigenvalue weighted by Gasteiger charge is -2.35. The number of nitrogens with zero attached hydrogens (tertiary/aromatic N) is 2. The maximum atomic E-state index is 12.8. The lowest BCUT2D eigenvalue weighted by molar-refractivity contribution is -0.136. The van der Waals surface area contributed by atoms with Crippen LogP contribution in [0, 0.1) is 6.92 Å². The van der Waals surface area contributed by atoms with E-state index < -0.39 is 6.10 Å². The molecule has 0 spiro atoms. The number of hydrogen-bond donors (Lipinski definition) is 0. The van der Waals surface area contributed by atoms with Gasteiger partial charge in [0, 0.05) is 14.1 Å². The highest BCUT2D eigenvalue weighted by Gasteiger charge is 2.34. The molecule has 136 valence electrons. The average molecular weight is 354 g/mol. The molecular weight excluding hydrogens is 332 g/mol. The maximum Gasteiger partial charge on any atom is 0.265 e. The molecule has 2 aromatic carbocycles. The molecule has 3 rings (SSSR count). The van der Waals surface area contributed by atoms with Gasteiger partial charge in [-0.1, -0.05) is 30.3 Å². The first-order valence-corrected chi connectivity index (χ1v) is 8.43. The lowest BCUT2D eigenvalue weighted by atomic mass is 10.1. The number of fused-ring (bicyclic) bond motifs is 1. The van der Waals surface area contributed by atoms with Gasteiger partial charge >= 0.3 is 0 Å². The van der Waals surface area contributed by atoms with Crippen LogP contribution in [0.2, 0.25) is 0 Å². The van der Waals surface area contributed by atoms with Gasteiger partial charge in [-0.15, -0.1) is 0 Å². The Balaban J connectivity index is 1.79. The molecule has 26 heavy (non-hydrogen) atoms. The van der Waals surface area contributed by atoms with E-state index >= 15 is 0 Å². The molecule has 1 aliphatic heterocycles. The Morgan fingerprint density at radius 1 is 1.15 bits per heavy atom. The Hall–Kier alpha value is -3.02. The number of carbonyl (C=O) groups excluding carboxylic acids is 2. The van der Waals surface area contributed by atoms with Crippen molar-refractivity contribution < 1.29 is 19.1 Å². The number of aryl methyl sites for hydroxylation is 1. The van der Waals surface area contributed by atoms with Gasteiger partial charge in [-0.3, -0.25) is 9.59 Å². The van der Waals surface area contributed by atoms with Gasteiger partial charge in [-0.25, -0.2) is 0 Å². The quantitative estimate of drug-likeness (QED) is 0.845. The van der Waals surface area contributed by atoms with Crippen molar-refractivity contribution in [3.63, 3.8) is 0 Å². The maximum absolute atomic E-state index is 12.8. The summed E-state index contributed by atoms with van der Waals surface area (Å²) in [5.41, 5.74) is 1.61. The zero-order valence-corrected chi connectivity index (χ0v) is 15.1. The molecule has 2 amide bonds. The summed E-state index contributed by atoms with van der Waals surface area (Å²) in [5.74, 6) is 0.782. The summed E-state index contributed by atoms with van der Waals surface area (Å²) in [6, 6.07) is 14.7. The number of anilines is 1. The summed E-state index contributed by atoms with van der Waals surface area (Å²) < 4.78 is 11.5. The Kier molecular flexibility index (Phi) is 5.11. The number of amides is 2. The summed E-state index contributed by atoms with van der Waals surface area (Å²) in [7, 11) is 3.33. The molecular formula is C20H22N2O4. The predicted octanol–water partition coefficient (Wildman–Crippen LogP) is 2.26. The molecule has 0 saturated heterocycles. The summed E-state index contributed by atoms with van der Waals surface area (Å²) in [4.78, 5) is 28.2. The van der Waals surface area contributed by atoms with Gasteiger partial charge in [-0.2, -0.15) is 0 Å². The standard InChI is InChI=1S/C20H22N2O4/c1-14-8-4-6-10-16(14)25-13-19(23)22-12-18(20(24)21(2)3)26-17-11-7-5-9-15(17)22/h4-11,18H,12-13H2,1-3H3. The fourth-order valence-corrected chi connectivity index (χ4v) is 2.82.